The molecule has 1 aromatic heterocycles. The Labute approximate surface area is 267 Å². The average Bonchev–Trinajstić information content (AvgIpc) is 3.56. The van der Waals surface area contributed by atoms with E-state index >= 15 is 0 Å². The number of aromatic nitrogens is 2. The van der Waals surface area contributed by atoms with Crippen molar-refractivity contribution in [2.75, 3.05) is 0 Å². The van der Waals surface area contributed by atoms with Crippen LogP contribution in [0.5, 0.6) is 0 Å². The van der Waals surface area contributed by atoms with Gasteiger partial charge >= 0.3 is 6.18 Å². The maximum absolute atomic E-state index is 13.2. The fourth-order valence-corrected chi connectivity index (χ4v) is 6.04. The molecule has 0 N–H and O–H groups in total. The van der Waals surface area contributed by atoms with Gasteiger partial charge in [-0.05, 0) is 64.6 Å². The molecule has 0 saturated heterocycles. The molecule has 0 aliphatic heterocycles. The molecule has 4 aromatic carbocycles. The summed E-state index contributed by atoms with van der Waals surface area (Å²) in [6, 6.07) is 27.6. The molecule has 2 aliphatic carbocycles. The van der Waals surface area contributed by atoms with Crippen molar-refractivity contribution in [3.05, 3.63) is 153 Å². The van der Waals surface area contributed by atoms with Gasteiger partial charge < -0.3 is 0 Å². The summed E-state index contributed by atoms with van der Waals surface area (Å²) in [5.41, 5.74) is 7.27. The predicted octanol–water partition coefficient (Wildman–Crippen LogP) is 9.50. The van der Waals surface area contributed by atoms with Crippen molar-refractivity contribution in [3.63, 3.8) is 0 Å². The second kappa shape index (κ2) is 10.7. The van der Waals surface area contributed by atoms with Gasteiger partial charge in [0.15, 0.2) is 0 Å². The van der Waals surface area contributed by atoms with Crippen LogP contribution in [0.4, 0.5) is 13.2 Å². The molecule has 0 spiro atoms. The van der Waals surface area contributed by atoms with Crippen molar-refractivity contribution in [1.82, 2.24) is 9.97 Å². The fraction of sp³-hybridized carbons (Fsp3) is 0.0526. The Hall–Kier alpha value is -6.81. The molecule has 0 unspecified atom stereocenters. The van der Waals surface area contributed by atoms with Crippen LogP contribution in [0.25, 0.3) is 65.6 Å². The molecule has 7 rings (SSSR count). The van der Waals surface area contributed by atoms with Crippen molar-refractivity contribution in [3.8, 4) is 56.9 Å². The highest BCUT2D eigenvalue weighted by Gasteiger charge is 2.36. The van der Waals surface area contributed by atoms with Crippen LogP contribution in [0.3, 0.4) is 0 Å². The van der Waals surface area contributed by atoms with E-state index in [-0.39, 0.29) is 17.0 Å². The Morgan fingerprint density at radius 3 is 1.55 bits per heavy atom. The molecule has 2 aliphatic rings. The van der Waals surface area contributed by atoms with Gasteiger partial charge in [-0.1, -0.05) is 66.2 Å². The Kier molecular flexibility index (Phi) is 6.57. The molecule has 6 nitrogen and oxygen atoms in total. The number of hydrogen-bond donors (Lipinski definition) is 0. The minimum atomic E-state index is -4.48. The van der Waals surface area contributed by atoms with Crippen LogP contribution in [0, 0.1) is 42.7 Å². The van der Waals surface area contributed by atoms with E-state index in [0.29, 0.717) is 61.7 Å². The zero-order valence-corrected chi connectivity index (χ0v) is 24.4. The molecule has 0 saturated carbocycles. The normalized spacial score (nSPS) is 14.4. The molecule has 1 heterocycles. The van der Waals surface area contributed by atoms with Gasteiger partial charge in [0.05, 0.1) is 53.6 Å². The smallest absolute Gasteiger partial charge is 0.245 e. The topological polar surface area (TPSA) is 82.1 Å². The van der Waals surface area contributed by atoms with Crippen molar-refractivity contribution in [1.29, 1.82) is 10.5 Å². The summed E-state index contributed by atoms with van der Waals surface area (Å²) in [5.74, 6) is 0. The van der Waals surface area contributed by atoms with Crippen LogP contribution in [-0.4, -0.2) is 9.97 Å². The molecular weight excluding hydrogens is 597 g/mol. The number of nitriles is 2. The second-order valence-electron chi connectivity index (χ2n) is 11.0. The molecular formula is C38H17F3N6. The molecule has 0 fully saturated rings. The van der Waals surface area contributed by atoms with E-state index < -0.39 is 11.7 Å². The first-order valence-electron chi connectivity index (χ1n) is 14.2. The Balaban J connectivity index is 1.46. The molecule has 0 amide bonds. The van der Waals surface area contributed by atoms with Crippen LogP contribution in [-0.2, 0) is 6.18 Å². The summed E-state index contributed by atoms with van der Waals surface area (Å²) in [4.78, 5) is 16.9. The lowest BCUT2D eigenvalue weighted by Gasteiger charge is -2.09. The summed E-state index contributed by atoms with van der Waals surface area (Å²) in [6.07, 6.45) is -4.48. The maximum Gasteiger partial charge on any atom is 0.416 e. The lowest BCUT2D eigenvalue weighted by molar-refractivity contribution is -0.137. The van der Waals surface area contributed by atoms with Crippen LogP contribution in [0.15, 0.2) is 96.3 Å². The number of halogens is 3. The number of rotatable bonds is 2. The predicted molar refractivity (Wildman–Crippen MR) is 170 cm³/mol. The number of alkyl halides is 3. The third kappa shape index (κ3) is 4.55. The van der Waals surface area contributed by atoms with E-state index in [4.69, 9.17) is 23.1 Å². The third-order valence-electron chi connectivity index (χ3n) is 8.30. The molecule has 0 bridgehead atoms. The van der Waals surface area contributed by atoms with Gasteiger partial charge in [0.25, 0.3) is 11.4 Å². The quantitative estimate of drug-likeness (QED) is 0.143. The number of fused-ring (bicyclic) bond motifs is 6. The highest BCUT2D eigenvalue weighted by molar-refractivity contribution is 6.07. The Bertz CT molecular complexity index is 2390. The first-order valence-corrected chi connectivity index (χ1v) is 14.2. The third-order valence-corrected chi connectivity index (χ3v) is 8.30. The van der Waals surface area contributed by atoms with Crippen LogP contribution in [0.2, 0.25) is 0 Å². The molecule has 0 radical (unpaired) electrons. The first-order chi connectivity index (χ1) is 22.7. The second-order valence-corrected chi connectivity index (χ2v) is 11.0. The highest BCUT2D eigenvalue weighted by Crippen LogP contribution is 2.51. The van der Waals surface area contributed by atoms with Crippen molar-refractivity contribution in [2.24, 2.45) is 0 Å². The van der Waals surface area contributed by atoms with Crippen LogP contribution >= 0.6 is 0 Å². The number of allylic oxidation sites excluding steroid dienone is 2. The van der Waals surface area contributed by atoms with E-state index in [9.17, 15) is 23.7 Å². The summed E-state index contributed by atoms with van der Waals surface area (Å²) >= 11 is 0. The van der Waals surface area contributed by atoms with Gasteiger partial charge in [-0.2, -0.15) is 13.2 Å². The van der Waals surface area contributed by atoms with Gasteiger partial charge in [0.1, 0.15) is 0 Å². The van der Waals surface area contributed by atoms with Crippen molar-refractivity contribution >= 4 is 11.1 Å². The van der Waals surface area contributed by atoms with E-state index in [0.717, 1.165) is 28.8 Å². The first kappa shape index (κ1) is 28.9. The number of hydrogen-bond acceptors (Lipinski definition) is 4. The minimum absolute atomic E-state index is 0.146. The molecule has 9 heteroatoms. The summed E-state index contributed by atoms with van der Waals surface area (Å²) in [6.45, 7) is 17.5. The van der Waals surface area contributed by atoms with Gasteiger partial charge in [-0.3, -0.25) is 0 Å². The number of aryl methyl sites for hydroxylation is 1. The molecule has 5 aromatic rings. The number of nitrogens with zero attached hydrogens (tertiary/aromatic N) is 6. The van der Waals surface area contributed by atoms with Crippen LogP contribution < -0.4 is 0 Å². The summed E-state index contributed by atoms with van der Waals surface area (Å²) < 4.78 is 39.6. The van der Waals surface area contributed by atoms with Crippen molar-refractivity contribution < 1.29 is 13.2 Å². The fourth-order valence-electron chi connectivity index (χ4n) is 6.04. The van der Waals surface area contributed by atoms with E-state index in [1.54, 1.807) is 18.2 Å². The lowest BCUT2D eigenvalue weighted by Crippen LogP contribution is -2.03. The Morgan fingerprint density at radius 2 is 1.04 bits per heavy atom. The highest BCUT2D eigenvalue weighted by atomic mass is 19.4. The SMILES string of the molecule is [C-]#[N+]/C(C#N)=C1/c2cc(-c3ccc(C(F)(F)F)cc3)ccc2-c2nc3c(nc21)-c1cc(-c2ccc(C)cc2)ccc1/C3=C(/C#N)[N+]#[C-]. The average molecular weight is 615 g/mol. The van der Waals surface area contributed by atoms with E-state index in [1.807, 2.05) is 61.5 Å². The largest absolute Gasteiger partial charge is 0.416 e. The van der Waals surface area contributed by atoms with E-state index in [2.05, 4.69) is 9.69 Å². The zero-order valence-electron chi connectivity index (χ0n) is 24.4. The van der Waals surface area contributed by atoms with Gasteiger partial charge in [0, 0.05) is 22.3 Å². The lowest BCUT2D eigenvalue weighted by atomic mass is 9.97. The summed E-state index contributed by atoms with van der Waals surface area (Å²) in [7, 11) is 0. The molecule has 0 atom stereocenters. The molecule has 47 heavy (non-hydrogen) atoms. The number of benzene rings is 4. The van der Waals surface area contributed by atoms with Crippen molar-refractivity contribution in [2.45, 2.75) is 13.1 Å². The monoisotopic (exact) mass is 614 g/mol. The zero-order chi connectivity index (χ0) is 33.0. The maximum atomic E-state index is 13.2. The molecule has 220 valence electrons. The Morgan fingerprint density at radius 1 is 0.596 bits per heavy atom. The van der Waals surface area contributed by atoms with Gasteiger partial charge in [0.2, 0.25) is 0 Å². The van der Waals surface area contributed by atoms with Crippen LogP contribution in [0.1, 0.15) is 33.6 Å². The van der Waals surface area contributed by atoms with Gasteiger partial charge in [-0.15, -0.1) is 0 Å². The standard InChI is InChI=1S/C38H17F3N6/c1-20-4-6-21(7-5-20)24-10-14-26-29(17-24)35-36(32(26)30(18-42)44-2)46-34-27-15-11-23(22-8-12-25(13-9-22)38(39,40)41)16-28(27)33(37(34)47-35)31(19-43)45-3/h4-17H,1H3/b32-30+,33-31-. The van der Waals surface area contributed by atoms with E-state index in [1.165, 1.54) is 12.1 Å². The van der Waals surface area contributed by atoms with Gasteiger partial charge in [-0.25, -0.2) is 30.2 Å². The minimum Gasteiger partial charge on any atom is -0.245 e. The summed E-state index contributed by atoms with van der Waals surface area (Å²) in [5, 5.41) is 19.9.